The van der Waals surface area contributed by atoms with Crippen molar-refractivity contribution in [1.82, 2.24) is 0 Å². The van der Waals surface area contributed by atoms with Gasteiger partial charge in [0.05, 0.1) is 0 Å². The maximum atomic E-state index is 10.4. The lowest BCUT2D eigenvalue weighted by atomic mass is 10.4. The summed E-state index contributed by atoms with van der Waals surface area (Å²) in [6.07, 6.45) is 0. The third-order valence-corrected chi connectivity index (χ3v) is 2.76. The number of rotatable bonds is 0. The van der Waals surface area contributed by atoms with Crippen LogP contribution in [-0.4, -0.2) is 19.9 Å². The molecule has 0 radical (unpaired) electrons. The molecule has 0 aromatic heterocycles. The van der Waals surface area contributed by atoms with Gasteiger partial charge in [-0.15, -0.1) is 0 Å². The molecule has 1 rings (SSSR count). The SMILES string of the molecule is CC1(N)COS1(=O)=O. The molecule has 1 aliphatic rings. The third kappa shape index (κ3) is 0.553. The van der Waals surface area contributed by atoms with Gasteiger partial charge in [-0.05, 0) is 6.92 Å². The highest BCUT2D eigenvalue weighted by molar-refractivity contribution is 7.89. The molecule has 0 amide bonds. The number of hydrogen-bond acceptors (Lipinski definition) is 4. The van der Waals surface area contributed by atoms with E-state index in [2.05, 4.69) is 4.18 Å². The monoisotopic (exact) mass is 137 g/mol. The van der Waals surface area contributed by atoms with Crippen LogP contribution in [0.4, 0.5) is 0 Å². The summed E-state index contributed by atoms with van der Waals surface area (Å²) < 4.78 is 25.0. The number of nitrogens with two attached hydrogens (primary N) is 1. The molecule has 1 heterocycles. The molecule has 5 heteroatoms. The molecule has 0 aromatic carbocycles. The fourth-order valence-corrected chi connectivity index (χ4v) is 1.02. The van der Waals surface area contributed by atoms with Crippen molar-refractivity contribution in [1.29, 1.82) is 0 Å². The molecular weight excluding hydrogens is 130 g/mol. The summed E-state index contributed by atoms with van der Waals surface area (Å²) in [7, 11) is -3.38. The van der Waals surface area contributed by atoms with Crippen molar-refractivity contribution >= 4 is 10.1 Å². The highest BCUT2D eigenvalue weighted by atomic mass is 32.2. The van der Waals surface area contributed by atoms with Gasteiger partial charge in [0, 0.05) is 0 Å². The Kier molecular flexibility index (Phi) is 0.922. The van der Waals surface area contributed by atoms with E-state index in [4.69, 9.17) is 5.73 Å². The standard InChI is InChI=1S/C3H7NO3S/c1-3(4)2-7-8(3,5)6/h2,4H2,1H3. The van der Waals surface area contributed by atoms with Gasteiger partial charge in [-0.3, -0.25) is 4.18 Å². The smallest absolute Gasteiger partial charge is 0.288 e. The second-order valence-electron chi connectivity index (χ2n) is 2.03. The van der Waals surface area contributed by atoms with E-state index < -0.39 is 15.0 Å². The topological polar surface area (TPSA) is 69.4 Å². The van der Waals surface area contributed by atoms with Crippen molar-refractivity contribution in [3.8, 4) is 0 Å². The molecule has 0 saturated carbocycles. The molecule has 0 aliphatic carbocycles. The minimum absolute atomic E-state index is 0.106. The van der Waals surface area contributed by atoms with Crippen molar-refractivity contribution in [2.24, 2.45) is 5.73 Å². The lowest BCUT2D eigenvalue weighted by Gasteiger charge is -2.32. The van der Waals surface area contributed by atoms with E-state index in [0.717, 1.165) is 0 Å². The van der Waals surface area contributed by atoms with Crippen LogP contribution in [-0.2, 0) is 14.3 Å². The largest absolute Gasteiger partial charge is 0.309 e. The first-order valence-electron chi connectivity index (χ1n) is 2.14. The average Bonchev–Trinajstić information content (AvgIpc) is 1.64. The Balaban J connectivity index is 2.95. The predicted molar refractivity (Wildman–Crippen MR) is 27.5 cm³/mol. The summed E-state index contributed by atoms with van der Waals surface area (Å²) in [5.41, 5.74) is 5.19. The highest BCUT2D eigenvalue weighted by Gasteiger charge is 2.46. The van der Waals surface area contributed by atoms with Crippen molar-refractivity contribution in [2.75, 3.05) is 6.61 Å². The summed E-state index contributed by atoms with van der Waals surface area (Å²) in [5, 5.41) is 0. The Hall–Kier alpha value is -0.130. The highest BCUT2D eigenvalue weighted by Crippen LogP contribution is 2.23. The van der Waals surface area contributed by atoms with Crippen molar-refractivity contribution in [3.63, 3.8) is 0 Å². The van der Waals surface area contributed by atoms with Gasteiger partial charge in [0.25, 0.3) is 10.1 Å². The van der Waals surface area contributed by atoms with Crippen LogP contribution in [0, 0.1) is 0 Å². The van der Waals surface area contributed by atoms with Gasteiger partial charge in [-0.25, -0.2) is 0 Å². The van der Waals surface area contributed by atoms with Crippen molar-refractivity contribution in [2.45, 2.75) is 11.8 Å². The Morgan fingerprint density at radius 2 is 2.12 bits per heavy atom. The summed E-state index contributed by atoms with van der Waals surface area (Å²) in [6.45, 7) is 1.53. The molecule has 1 atom stereocenters. The van der Waals surface area contributed by atoms with Gasteiger partial charge in [-0.2, -0.15) is 8.42 Å². The molecule has 1 aliphatic heterocycles. The summed E-state index contributed by atoms with van der Waals surface area (Å²) in [5.74, 6) is 0. The zero-order chi connectivity index (χ0) is 6.41. The van der Waals surface area contributed by atoms with E-state index in [1.807, 2.05) is 0 Å². The average molecular weight is 137 g/mol. The van der Waals surface area contributed by atoms with E-state index in [-0.39, 0.29) is 6.61 Å². The molecule has 1 saturated heterocycles. The number of hydrogen-bond donors (Lipinski definition) is 1. The second-order valence-corrected chi connectivity index (χ2v) is 4.11. The first-order valence-corrected chi connectivity index (χ1v) is 3.54. The van der Waals surface area contributed by atoms with Crippen LogP contribution >= 0.6 is 0 Å². The molecule has 1 fully saturated rings. The van der Waals surface area contributed by atoms with Crippen LogP contribution in [0.3, 0.4) is 0 Å². The molecule has 1 unspecified atom stereocenters. The molecule has 8 heavy (non-hydrogen) atoms. The van der Waals surface area contributed by atoms with Crippen LogP contribution in [0.2, 0.25) is 0 Å². The minimum Gasteiger partial charge on any atom is -0.309 e. The van der Waals surface area contributed by atoms with E-state index in [1.54, 1.807) is 0 Å². The zero-order valence-corrected chi connectivity index (χ0v) is 5.23. The minimum atomic E-state index is -3.38. The van der Waals surface area contributed by atoms with E-state index in [0.29, 0.717) is 0 Å². The van der Waals surface area contributed by atoms with Gasteiger partial charge in [-0.1, -0.05) is 0 Å². The fourth-order valence-electron chi connectivity index (χ4n) is 0.341. The fraction of sp³-hybridized carbons (Fsp3) is 1.00. The van der Waals surface area contributed by atoms with Crippen LogP contribution in [0.15, 0.2) is 0 Å². The van der Waals surface area contributed by atoms with Gasteiger partial charge in [0.15, 0.2) is 4.87 Å². The molecule has 4 nitrogen and oxygen atoms in total. The molecule has 0 bridgehead atoms. The molecule has 2 N–H and O–H groups in total. The Morgan fingerprint density at radius 3 is 2.12 bits per heavy atom. The molecule has 0 aromatic rings. The van der Waals surface area contributed by atoms with Gasteiger partial charge in [0.1, 0.15) is 6.61 Å². The van der Waals surface area contributed by atoms with Gasteiger partial charge >= 0.3 is 0 Å². The first kappa shape index (κ1) is 6.00. The van der Waals surface area contributed by atoms with Crippen LogP contribution in [0.5, 0.6) is 0 Å². The van der Waals surface area contributed by atoms with E-state index in [9.17, 15) is 8.42 Å². The predicted octanol–water partition coefficient (Wildman–Crippen LogP) is -0.979. The van der Waals surface area contributed by atoms with Crippen LogP contribution in [0.25, 0.3) is 0 Å². The Bertz CT molecular complexity index is 193. The van der Waals surface area contributed by atoms with Crippen LogP contribution < -0.4 is 5.73 Å². The summed E-state index contributed by atoms with van der Waals surface area (Å²) >= 11 is 0. The lowest BCUT2D eigenvalue weighted by molar-refractivity contribution is 0.196. The van der Waals surface area contributed by atoms with Crippen molar-refractivity contribution < 1.29 is 12.6 Å². The first-order chi connectivity index (χ1) is 3.46. The lowest BCUT2D eigenvalue weighted by Crippen LogP contribution is -2.58. The Labute approximate surface area is 47.8 Å². The van der Waals surface area contributed by atoms with E-state index >= 15 is 0 Å². The maximum Gasteiger partial charge on any atom is 0.288 e. The van der Waals surface area contributed by atoms with E-state index in [1.165, 1.54) is 6.92 Å². The second kappa shape index (κ2) is 1.23. The normalized spacial score (nSPS) is 43.2. The third-order valence-electron chi connectivity index (χ3n) is 1.07. The zero-order valence-electron chi connectivity index (χ0n) is 4.42. The van der Waals surface area contributed by atoms with Crippen LogP contribution in [0.1, 0.15) is 6.92 Å². The Morgan fingerprint density at radius 1 is 1.75 bits per heavy atom. The van der Waals surface area contributed by atoms with Gasteiger partial charge in [0.2, 0.25) is 0 Å². The van der Waals surface area contributed by atoms with Gasteiger partial charge < -0.3 is 5.73 Å². The maximum absolute atomic E-state index is 10.4. The molecule has 48 valence electrons. The quantitative estimate of drug-likeness (QED) is 0.436. The molecule has 0 spiro atoms. The summed E-state index contributed by atoms with van der Waals surface area (Å²) in [4.78, 5) is -1.13. The molecular formula is C3H7NO3S. The summed E-state index contributed by atoms with van der Waals surface area (Å²) in [6, 6.07) is 0. The van der Waals surface area contributed by atoms with Crippen molar-refractivity contribution in [3.05, 3.63) is 0 Å².